The van der Waals surface area contributed by atoms with Crippen LogP contribution in [0.2, 0.25) is 0 Å². The lowest BCUT2D eigenvalue weighted by atomic mass is 10.1. The van der Waals surface area contributed by atoms with Gasteiger partial charge in [0.05, 0.1) is 6.34 Å². The Labute approximate surface area is 86.9 Å². The molecule has 0 saturated carbocycles. The zero-order valence-electron chi connectivity index (χ0n) is 9.15. The Morgan fingerprint density at radius 2 is 1.93 bits per heavy atom. The van der Waals surface area contributed by atoms with E-state index in [0.29, 0.717) is 0 Å². The molecule has 0 aromatic rings. The summed E-state index contributed by atoms with van der Waals surface area (Å²) in [6.45, 7) is 4.15. The van der Waals surface area contributed by atoms with Crippen LogP contribution >= 0.6 is 0 Å². The van der Waals surface area contributed by atoms with E-state index in [9.17, 15) is 0 Å². The number of aliphatic imine (C=N–C) groups is 2. The van der Waals surface area contributed by atoms with E-state index in [0.717, 1.165) is 13.2 Å². The van der Waals surface area contributed by atoms with Gasteiger partial charge in [0.25, 0.3) is 0 Å². The average Bonchev–Trinajstić information content (AvgIpc) is 2.25. The maximum Gasteiger partial charge on any atom is 0.113 e. The lowest BCUT2D eigenvalue weighted by Crippen LogP contribution is -2.25. The van der Waals surface area contributed by atoms with E-state index >= 15 is 0 Å². The summed E-state index contributed by atoms with van der Waals surface area (Å²) in [5.41, 5.74) is 0. The minimum absolute atomic E-state index is 0.790. The number of hydrogen-bond acceptors (Lipinski definition) is 3. The Balaban J connectivity index is 1.88. The van der Waals surface area contributed by atoms with Crippen molar-refractivity contribution >= 4 is 12.7 Å². The van der Waals surface area contributed by atoms with Gasteiger partial charge >= 0.3 is 0 Å². The highest BCUT2D eigenvalue weighted by Gasteiger charge is 1.99. The van der Waals surface area contributed by atoms with E-state index in [1.54, 1.807) is 6.34 Å². The first-order valence-electron chi connectivity index (χ1n) is 5.69. The number of unbranched alkanes of at least 4 members (excludes halogenated alkanes) is 5. The van der Waals surface area contributed by atoms with Gasteiger partial charge in [0, 0.05) is 6.54 Å². The molecule has 0 aromatic heterocycles. The first-order valence-corrected chi connectivity index (χ1v) is 5.69. The largest absolute Gasteiger partial charge is 0.343 e. The third-order valence-corrected chi connectivity index (χ3v) is 2.44. The van der Waals surface area contributed by atoms with Gasteiger partial charge in [0.2, 0.25) is 0 Å². The molecule has 3 heteroatoms. The third-order valence-electron chi connectivity index (χ3n) is 2.44. The van der Waals surface area contributed by atoms with Crippen molar-refractivity contribution in [2.24, 2.45) is 9.98 Å². The summed E-state index contributed by atoms with van der Waals surface area (Å²) in [5.74, 6) is 0. The first-order chi connectivity index (χ1) is 6.93. The fourth-order valence-corrected chi connectivity index (χ4v) is 1.57. The molecule has 1 heterocycles. The molecule has 0 saturated heterocycles. The highest BCUT2D eigenvalue weighted by atomic mass is 15.2. The minimum Gasteiger partial charge on any atom is -0.343 e. The van der Waals surface area contributed by atoms with Crippen LogP contribution in [0, 0.1) is 0 Å². The Morgan fingerprint density at radius 1 is 1.14 bits per heavy atom. The van der Waals surface area contributed by atoms with Crippen molar-refractivity contribution in [2.75, 3.05) is 13.2 Å². The quantitative estimate of drug-likeness (QED) is 0.574. The normalized spacial score (nSPS) is 15.1. The van der Waals surface area contributed by atoms with Crippen LogP contribution in [0.15, 0.2) is 9.98 Å². The summed E-state index contributed by atoms with van der Waals surface area (Å²) in [4.78, 5) is 10.3. The van der Waals surface area contributed by atoms with E-state index in [1.807, 2.05) is 6.34 Å². The molecule has 1 aliphatic rings. The SMILES string of the molecule is CCCCCCCCN1C=NC=NC1. The van der Waals surface area contributed by atoms with Crippen LogP contribution in [0.25, 0.3) is 0 Å². The lowest BCUT2D eigenvalue weighted by Gasteiger charge is -2.18. The van der Waals surface area contributed by atoms with Crippen LogP contribution in [0.1, 0.15) is 45.4 Å². The molecule has 0 N–H and O–H groups in total. The summed E-state index contributed by atoms with van der Waals surface area (Å²) in [6, 6.07) is 0. The fraction of sp³-hybridized carbons (Fsp3) is 0.818. The predicted octanol–water partition coefficient (Wildman–Crippen LogP) is 2.68. The van der Waals surface area contributed by atoms with Gasteiger partial charge in [-0.25, -0.2) is 4.99 Å². The molecule has 0 amide bonds. The van der Waals surface area contributed by atoms with Crippen molar-refractivity contribution in [3.05, 3.63) is 0 Å². The van der Waals surface area contributed by atoms with E-state index < -0.39 is 0 Å². The van der Waals surface area contributed by atoms with Crippen LogP contribution < -0.4 is 0 Å². The molecule has 0 aromatic carbocycles. The predicted molar refractivity (Wildman–Crippen MR) is 61.9 cm³/mol. The highest BCUT2D eigenvalue weighted by molar-refractivity contribution is 5.72. The van der Waals surface area contributed by atoms with E-state index in [2.05, 4.69) is 21.8 Å². The topological polar surface area (TPSA) is 28.0 Å². The molecule has 3 nitrogen and oxygen atoms in total. The molecule has 0 radical (unpaired) electrons. The summed E-state index contributed by atoms with van der Waals surface area (Å²) in [6.07, 6.45) is 11.6. The molecule has 0 bridgehead atoms. The van der Waals surface area contributed by atoms with Gasteiger partial charge in [-0.1, -0.05) is 39.0 Å². The first kappa shape index (κ1) is 11.2. The Kier molecular flexibility index (Phi) is 6.04. The third kappa shape index (κ3) is 5.00. The van der Waals surface area contributed by atoms with Crippen molar-refractivity contribution in [1.82, 2.24) is 4.90 Å². The van der Waals surface area contributed by atoms with Gasteiger partial charge in [-0.2, -0.15) is 0 Å². The van der Waals surface area contributed by atoms with Crippen molar-refractivity contribution in [1.29, 1.82) is 0 Å². The number of nitrogens with zero attached hydrogens (tertiary/aromatic N) is 3. The molecule has 14 heavy (non-hydrogen) atoms. The molecular formula is C11H21N3. The zero-order valence-corrected chi connectivity index (χ0v) is 9.15. The van der Waals surface area contributed by atoms with E-state index in [4.69, 9.17) is 0 Å². The highest BCUT2D eigenvalue weighted by Crippen LogP contribution is 2.05. The summed E-state index contributed by atoms with van der Waals surface area (Å²) in [5, 5.41) is 0. The van der Waals surface area contributed by atoms with Crippen molar-refractivity contribution < 1.29 is 0 Å². The van der Waals surface area contributed by atoms with Crippen LogP contribution in [0.3, 0.4) is 0 Å². The van der Waals surface area contributed by atoms with Gasteiger partial charge in [0.1, 0.15) is 13.0 Å². The molecule has 0 spiro atoms. The van der Waals surface area contributed by atoms with Gasteiger partial charge in [-0.15, -0.1) is 0 Å². The molecule has 80 valence electrons. The molecule has 1 rings (SSSR count). The monoisotopic (exact) mass is 195 g/mol. The van der Waals surface area contributed by atoms with Crippen LogP contribution in [-0.4, -0.2) is 30.8 Å². The Morgan fingerprint density at radius 3 is 2.64 bits per heavy atom. The van der Waals surface area contributed by atoms with Gasteiger partial charge in [0.15, 0.2) is 0 Å². The molecule has 1 aliphatic heterocycles. The maximum atomic E-state index is 4.09. The fourth-order valence-electron chi connectivity index (χ4n) is 1.57. The van der Waals surface area contributed by atoms with Crippen molar-refractivity contribution in [2.45, 2.75) is 45.4 Å². The number of rotatable bonds is 7. The van der Waals surface area contributed by atoms with Gasteiger partial charge in [-0.3, -0.25) is 4.99 Å². The summed E-state index contributed by atoms with van der Waals surface area (Å²) >= 11 is 0. The van der Waals surface area contributed by atoms with E-state index in [-0.39, 0.29) is 0 Å². The second-order valence-electron chi connectivity index (χ2n) is 3.78. The molecule has 0 atom stereocenters. The van der Waals surface area contributed by atoms with Crippen LogP contribution in [0.4, 0.5) is 0 Å². The summed E-state index contributed by atoms with van der Waals surface area (Å²) < 4.78 is 0. The van der Waals surface area contributed by atoms with Gasteiger partial charge < -0.3 is 4.90 Å². The Hall–Kier alpha value is -0.860. The summed E-state index contributed by atoms with van der Waals surface area (Å²) in [7, 11) is 0. The Bertz CT molecular complexity index is 187. The maximum absolute atomic E-state index is 4.09. The smallest absolute Gasteiger partial charge is 0.113 e. The molecule has 0 aliphatic carbocycles. The van der Waals surface area contributed by atoms with Gasteiger partial charge in [-0.05, 0) is 6.42 Å². The lowest BCUT2D eigenvalue weighted by molar-refractivity contribution is 0.418. The van der Waals surface area contributed by atoms with Crippen molar-refractivity contribution in [3.8, 4) is 0 Å². The second kappa shape index (κ2) is 7.54. The molecule has 0 fully saturated rings. The second-order valence-corrected chi connectivity index (χ2v) is 3.78. The minimum atomic E-state index is 0.790. The standard InChI is InChI=1S/C11H21N3/c1-2-3-4-5-6-7-8-14-10-12-9-13-11-14/h9-10H,2-8,11H2,1H3. The van der Waals surface area contributed by atoms with E-state index in [1.165, 1.54) is 38.5 Å². The number of hydrogen-bond donors (Lipinski definition) is 0. The average molecular weight is 195 g/mol. The molecular weight excluding hydrogens is 174 g/mol. The van der Waals surface area contributed by atoms with Crippen molar-refractivity contribution in [3.63, 3.8) is 0 Å². The van der Waals surface area contributed by atoms with Crippen LogP contribution in [-0.2, 0) is 0 Å². The molecule has 0 unspecified atom stereocenters. The van der Waals surface area contributed by atoms with Crippen LogP contribution in [0.5, 0.6) is 0 Å². The zero-order chi connectivity index (χ0) is 10.1.